The van der Waals surface area contributed by atoms with Crippen LogP contribution >= 0.6 is 11.6 Å². The van der Waals surface area contributed by atoms with Gasteiger partial charge in [-0.15, -0.1) is 0 Å². The van der Waals surface area contributed by atoms with Crippen molar-refractivity contribution in [2.24, 2.45) is 5.73 Å². The van der Waals surface area contributed by atoms with Crippen molar-refractivity contribution in [3.8, 4) is 5.75 Å². The second-order valence-corrected chi connectivity index (χ2v) is 5.23. The molecule has 0 aliphatic carbocycles. The van der Waals surface area contributed by atoms with Crippen LogP contribution in [-0.4, -0.2) is 36.5 Å². The molecule has 104 valence electrons. The van der Waals surface area contributed by atoms with Crippen molar-refractivity contribution in [2.45, 2.75) is 25.8 Å². The fourth-order valence-corrected chi connectivity index (χ4v) is 2.32. The van der Waals surface area contributed by atoms with Gasteiger partial charge < -0.3 is 15.4 Å². The maximum Gasteiger partial charge on any atom is 0.257 e. The lowest BCUT2D eigenvalue weighted by molar-refractivity contribution is 0.0786. The molecular weight excluding hydrogens is 264 g/mol. The first-order chi connectivity index (χ1) is 9.11. The van der Waals surface area contributed by atoms with E-state index in [4.69, 9.17) is 22.1 Å². The van der Waals surface area contributed by atoms with Crippen LogP contribution in [0.1, 0.15) is 30.1 Å². The van der Waals surface area contributed by atoms with E-state index in [0.717, 1.165) is 12.8 Å². The third-order valence-electron chi connectivity index (χ3n) is 3.15. The number of likely N-dealkylation sites (tertiary alicyclic amines) is 1. The van der Waals surface area contributed by atoms with E-state index in [0.29, 0.717) is 36.0 Å². The zero-order chi connectivity index (χ0) is 13.8. The molecule has 1 aliphatic rings. The summed E-state index contributed by atoms with van der Waals surface area (Å²) in [5.41, 5.74) is 6.36. The van der Waals surface area contributed by atoms with Crippen LogP contribution in [0, 0.1) is 0 Å². The lowest BCUT2D eigenvalue weighted by Gasteiger charge is -2.18. The molecule has 1 saturated heterocycles. The Morgan fingerprint density at radius 1 is 1.58 bits per heavy atom. The molecule has 1 amide bonds. The van der Waals surface area contributed by atoms with Crippen molar-refractivity contribution >= 4 is 17.5 Å². The molecular formula is C14H19ClN2O2. The number of carbonyl (C=O) groups is 1. The molecule has 1 heterocycles. The van der Waals surface area contributed by atoms with Crippen molar-refractivity contribution < 1.29 is 9.53 Å². The highest BCUT2D eigenvalue weighted by Crippen LogP contribution is 2.25. The van der Waals surface area contributed by atoms with Crippen LogP contribution < -0.4 is 10.5 Å². The number of rotatable bonds is 4. The molecule has 4 nitrogen and oxygen atoms in total. The van der Waals surface area contributed by atoms with E-state index in [2.05, 4.69) is 0 Å². The van der Waals surface area contributed by atoms with Crippen molar-refractivity contribution in [1.82, 2.24) is 4.90 Å². The zero-order valence-corrected chi connectivity index (χ0v) is 11.8. The van der Waals surface area contributed by atoms with Gasteiger partial charge in [-0.3, -0.25) is 4.79 Å². The summed E-state index contributed by atoms with van der Waals surface area (Å²) in [7, 11) is 0. The Balaban J connectivity index is 2.21. The maximum absolute atomic E-state index is 12.5. The molecule has 19 heavy (non-hydrogen) atoms. The van der Waals surface area contributed by atoms with Crippen molar-refractivity contribution in [2.75, 3.05) is 19.7 Å². The molecule has 1 aliphatic heterocycles. The quantitative estimate of drug-likeness (QED) is 0.922. The fourth-order valence-electron chi connectivity index (χ4n) is 2.15. The van der Waals surface area contributed by atoms with Crippen LogP contribution in [-0.2, 0) is 0 Å². The second-order valence-electron chi connectivity index (χ2n) is 4.79. The molecule has 1 aromatic rings. The van der Waals surface area contributed by atoms with E-state index < -0.39 is 0 Å². The van der Waals surface area contributed by atoms with Crippen molar-refractivity contribution in [1.29, 1.82) is 0 Å². The molecule has 2 rings (SSSR count). The molecule has 0 bridgehead atoms. The lowest BCUT2D eigenvalue weighted by atomic mass is 10.1. The number of hydrogen-bond acceptors (Lipinski definition) is 3. The van der Waals surface area contributed by atoms with Crippen molar-refractivity contribution in [3.05, 3.63) is 28.8 Å². The minimum absolute atomic E-state index is 0.0541. The first-order valence-corrected chi connectivity index (χ1v) is 6.96. The summed E-state index contributed by atoms with van der Waals surface area (Å²) in [5.74, 6) is 0.540. The maximum atomic E-state index is 12.5. The van der Waals surface area contributed by atoms with E-state index in [1.165, 1.54) is 0 Å². The van der Waals surface area contributed by atoms with Crippen LogP contribution in [0.2, 0.25) is 5.02 Å². The van der Waals surface area contributed by atoms with Crippen LogP contribution in [0.4, 0.5) is 0 Å². The Hall–Kier alpha value is -1.26. The third-order valence-corrected chi connectivity index (χ3v) is 3.38. The van der Waals surface area contributed by atoms with Gasteiger partial charge >= 0.3 is 0 Å². The summed E-state index contributed by atoms with van der Waals surface area (Å²) in [4.78, 5) is 14.2. The Bertz CT molecular complexity index is 465. The van der Waals surface area contributed by atoms with Gasteiger partial charge in [-0.05, 0) is 31.0 Å². The second kappa shape index (κ2) is 6.26. The standard InChI is InChI=1S/C14H19ClN2O2/c1-2-7-19-13-4-3-10(15)8-12(13)14(18)17-6-5-11(16)9-17/h3-4,8,11H,2,5-7,9,16H2,1H3/t11-/m1/s1. The average molecular weight is 283 g/mol. The fraction of sp³-hybridized carbons (Fsp3) is 0.500. The molecule has 0 radical (unpaired) electrons. The SMILES string of the molecule is CCCOc1ccc(Cl)cc1C(=O)N1CC[C@@H](N)C1. The highest BCUT2D eigenvalue weighted by molar-refractivity contribution is 6.31. The first-order valence-electron chi connectivity index (χ1n) is 6.59. The van der Waals surface area contributed by atoms with E-state index in [1.807, 2.05) is 6.92 Å². The van der Waals surface area contributed by atoms with Crippen molar-refractivity contribution in [3.63, 3.8) is 0 Å². The predicted molar refractivity (Wildman–Crippen MR) is 75.7 cm³/mol. The van der Waals surface area contributed by atoms with E-state index in [-0.39, 0.29) is 11.9 Å². The van der Waals surface area contributed by atoms with Gasteiger partial charge in [0.15, 0.2) is 0 Å². The number of ether oxygens (including phenoxy) is 1. The number of halogens is 1. The lowest BCUT2D eigenvalue weighted by Crippen LogP contribution is -2.32. The average Bonchev–Trinajstić information content (AvgIpc) is 2.83. The monoisotopic (exact) mass is 282 g/mol. The van der Waals surface area contributed by atoms with Gasteiger partial charge in [0.05, 0.1) is 12.2 Å². The molecule has 5 heteroatoms. The predicted octanol–water partition coefficient (Wildman–Crippen LogP) is 2.30. The number of benzene rings is 1. The minimum Gasteiger partial charge on any atom is -0.493 e. The first kappa shape index (κ1) is 14.2. The minimum atomic E-state index is -0.0541. The number of amides is 1. The van der Waals surface area contributed by atoms with E-state index in [1.54, 1.807) is 23.1 Å². The molecule has 2 N–H and O–H groups in total. The Labute approximate surface area is 118 Å². The van der Waals surface area contributed by atoms with Gasteiger partial charge in [-0.25, -0.2) is 0 Å². The van der Waals surface area contributed by atoms with Crippen LogP contribution in [0.5, 0.6) is 5.75 Å². The smallest absolute Gasteiger partial charge is 0.257 e. The molecule has 1 atom stereocenters. The Kier molecular flexibility index (Phi) is 4.66. The van der Waals surface area contributed by atoms with Gasteiger partial charge in [-0.1, -0.05) is 18.5 Å². The number of carbonyl (C=O) groups excluding carboxylic acids is 1. The van der Waals surface area contributed by atoms with Crippen LogP contribution in [0.25, 0.3) is 0 Å². The van der Waals surface area contributed by atoms with Crippen LogP contribution in [0.15, 0.2) is 18.2 Å². The Morgan fingerprint density at radius 3 is 3.00 bits per heavy atom. The molecule has 0 unspecified atom stereocenters. The summed E-state index contributed by atoms with van der Waals surface area (Å²) in [6.45, 7) is 3.90. The molecule has 0 aromatic heterocycles. The highest BCUT2D eigenvalue weighted by atomic mass is 35.5. The topological polar surface area (TPSA) is 55.6 Å². The molecule has 1 fully saturated rings. The van der Waals surface area contributed by atoms with Gasteiger partial charge in [-0.2, -0.15) is 0 Å². The summed E-state index contributed by atoms with van der Waals surface area (Å²) < 4.78 is 5.61. The summed E-state index contributed by atoms with van der Waals surface area (Å²) in [6, 6.07) is 5.22. The summed E-state index contributed by atoms with van der Waals surface area (Å²) in [5, 5.41) is 0.538. The summed E-state index contributed by atoms with van der Waals surface area (Å²) >= 11 is 5.98. The Morgan fingerprint density at radius 2 is 2.37 bits per heavy atom. The highest BCUT2D eigenvalue weighted by Gasteiger charge is 2.26. The van der Waals surface area contributed by atoms with Gasteiger partial charge in [0.25, 0.3) is 5.91 Å². The van der Waals surface area contributed by atoms with E-state index in [9.17, 15) is 4.79 Å². The summed E-state index contributed by atoms with van der Waals surface area (Å²) in [6.07, 6.45) is 1.74. The van der Waals surface area contributed by atoms with Gasteiger partial charge in [0.2, 0.25) is 0 Å². The molecule has 0 saturated carbocycles. The zero-order valence-electron chi connectivity index (χ0n) is 11.1. The largest absolute Gasteiger partial charge is 0.493 e. The van der Waals surface area contributed by atoms with E-state index >= 15 is 0 Å². The number of nitrogens with zero attached hydrogens (tertiary/aromatic N) is 1. The normalized spacial score (nSPS) is 18.7. The molecule has 1 aromatic carbocycles. The third kappa shape index (κ3) is 3.39. The van der Waals surface area contributed by atoms with Crippen LogP contribution in [0.3, 0.4) is 0 Å². The van der Waals surface area contributed by atoms with Gasteiger partial charge in [0.1, 0.15) is 5.75 Å². The number of nitrogens with two attached hydrogens (primary N) is 1. The number of hydrogen-bond donors (Lipinski definition) is 1. The molecule has 0 spiro atoms. The van der Waals surface area contributed by atoms with Gasteiger partial charge in [0, 0.05) is 24.2 Å².